The quantitative estimate of drug-likeness (QED) is 0.701. The van der Waals surface area contributed by atoms with E-state index in [1.54, 1.807) is 0 Å². The molecule has 4 N–H and O–H groups in total. The number of amides is 1. The number of nitrogens with one attached hydrogen (secondary N) is 2. The molecule has 4 nitrogen and oxygen atoms in total. The molecule has 1 fully saturated rings. The molecule has 0 aliphatic carbocycles. The fourth-order valence-corrected chi connectivity index (χ4v) is 2.00. The van der Waals surface area contributed by atoms with E-state index in [-0.39, 0.29) is 23.2 Å². The van der Waals surface area contributed by atoms with Gasteiger partial charge in [0, 0.05) is 5.92 Å². The third-order valence-corrected chi connectivity index (χ3v) is 3.09. The predicted molar refractivity (Wildman–Crippen MR) is 65.0 cm³/mol. The molecule has 0 radical (unpaired) electrons. The van der Waals surface area contributed by atoms with E-state index in [1.807, 2.05) is 0 Å². The second-order valence-electron chi connectivity index (χ2n) is 4.34. The van der Waals surface area contributed by atoms with Gasteiger partial charge in [-0.1, -0.05) is 0 Å². The van der Waals surface area contributed by atoms with Crippen LogP contribution >= 0.6 is 0 Å². The van der Waals surface area contributed by atoms with Gasteiger partial charge in [0.2, 0.25) is 5.91 Å². The van der Waals surface area contributed by atoms with Crippen LogP contribution in [0.5, 0.6) is 0 Å². The number of nitrogens with two attached hydrogens (primary N) is 1. The van der Waals surface area contributed by atoms with Crippen molar-refractivity contribution in [2.75, 3.05) is 24.1 Å². The first-order valence-corrected chi connectivity index (χ1v) is 5.84. The molecular weight excluding hydrogens is 240 g/mol. The molecule has 6 heteroatoms. The van der Waals surface area contributed by atoms with Gasteiger partial charge in [0.15, 0.2) is 11.6 Å². The molecule has 1 amide bonds. The lowest BCUT2D eigenvalue weighted by Crippen LogP contribution is -2.35. The maximum absolute atomic E-state index is 13.5. The first kappa shape index (κ1) is 12.8. The molecule has 98 valence electrons. The number of halogens is 2. The highest BCUT2D eigenvalue weighted by Crippen LogP contribution is 2.26. The van der Waals surface area contributed by atoms with Crippen molar-refractivity contribution in [1.29, 1.82) is 0 Å². The number of piperidine rings is 1. The Morgan fingerprint density at radius 2 is 2.00 bits per heavy atom. The van der Waals surface area contributed by atoms with Gasteiger partial charge in [-0.2, -0.15) is 0 Å². The highest BCUT2D eigenvalue weighted by atomic mass is 19.2. The van der Waals surface area contributed by atoms with Crippen LogP contribution < -0.4 is 16.4 Å². The third kappa shape index (κ3) is 2.59. The van der Waals surface area contributed by atoms with E-state index in [2.05, 4.69) is 10.6 Å². The first-order valence-electron chi connectivity index (χ1n) is 5.84. The Kier molecular flexibility index (Phi) is 3.76. The van der Waals surface area contributed by atoms with Gasteiger partial charge in [-0.05, 0) is 38.1 Å². The molecule has 1 heterocycles. The Morgan fingerprint density at radius 1 is 1.33 bits per heavy atom. The molecule has 0 aromatic heterocycles. The van der Waals surface area contributed by atoms with Crippen LogP contribution in [0, 0.1) is 17.6 Å². The Labute approximate surface area is 104 Å². The highest BCUT2D eigenvalue weighted by molar-refractivity contribution is 5.95. The number of hydrogen-bond donors (Lipinski definition) is 3. The van der Waals surface area contributed by atoms with Gasteiger partial charge < -0.3 is 16.4 Å². The lowest BCUT2D eigenvalue weighted by Gasteiger charge is -2.22. The van der Waals surface area contributed by atoms with Gasteiger partial charge in [0.05, 0.1) is 5.69 Å². The number of anilines is 2. The maximum atomic E-state index is 13.5. The number of benzene rings is 1. The summed E-state index contributed by atoms with van der Waals surface area (Å²) in [6.07, 6.45) is 1.37. The smallest absolute Gasteiger partial charge is 0.227 e. The summed E-state index contributed by atoms with van der Waals surface area (Å²) in [5.41, 5.74) is 5.29. The Balaban J connectivity index is 2.13. The Hall–Kier alpha value is -1.69. The van der Waals surface area contributed by atoms with E-state index in [0.29, 0.717) is 12.8 Å². The number of carbonyl (C=O) groups is 1. The molecule has 1 aromatic rings. The van der Waals surface area contributed by atoms with Gasteiger partial charge in [0.25, 0.3) is 0 Å². The zero-order valence-electron chi connectivity index (χ0n) is 9.80. The summed E-state index contributed by atoms with van der Waals surface area (Å²) in [6, 6.07) is 2.17. The number of rotatable bonds is 2. The van der Waals surface area contributed by atoms with Gasteiger partial charge in [0.1, 0.15) is 5.69 Å². The van der Waals surface area contributed by atoms with Crippen molar-refractivity contribution in [3.05, 3.63) is 23.8 Å². The van der Waals surface area contributed by atoms with E-state index in [4.69, 9.17) is 5.73 Å². The van der Waals surface area contributed by atoms with E-state index >= 15 is 0 Å². The van der Waals surface area contributed by atoms with Crippen LogP contribution in [0.4, 0.5) is 20.2 Å². The molecule has 0 saturated carbocycles. The van der Waals surface area contributed by atoms with Crippen molar-refractivity contribution in [2.24, 2.45) is 5.92 Å². The molecule has 0 unspecified atom stereocenters. The summed E-state index contributed by atoms with van der Waals surface area (Å²) < 4.78 is 26.6. The number of carbonyl (C=O) groups excluding carboxylic acids is 1. The van der Waals surface area contributed by atoms with E-state index in [9.17, 15) is 13.6 Å². The van der Waals surface area contributed by atoms with Crippen LogP contribution in [0.25, 0.3) is 0 Å². The molecule has 1 aliphatic rings. The third-order valence-electron chi connectivity index (χ3n) is 3.09. The SMILES string of the molecule is Nc1ccc(F)c(F)c1NC(=O)C1CCNCC1. The van der Waals surface area contributed by atoms with Crippen LogP contribution in [0.3, 0.4) is 0 Å². The lowest BCUT2D eigenvalue weighted by atomic mass is 9.97. The molecule has 0 spiro atoms. The van der Waals surface area contributed by atoms with Crippen LogP contribution in [-0.4, -0.2) is 19.0 Å². The van der Waals surface area contributed by atoms with Crippen LogP contribution in [0.15, 0.2) is 12.1 Å². The van der Waals surface area contributed by atoms with Gasteiger partial charge in [-0.15, -0.1) is 0 Å². The topological polar surface area (TPSA) is 67.1 Å². The minimum atomic E-state index is -1.11. The van der Waals surface area contributed by atoms with Crippen LogP contribution in [-0.2, 0) is 4.79 Å². The molecule has 1 saturated heterocycles. The van der Waals surface area contributed by atoms with Crippen LogP contribution in [0.1, 0.15) is 12.8 Å². The molecule has 1 aromatic carbocycles. The lowest BCUT2D eigenvalue weighted by molar-refractivity contribution is -0.120. The molecule has 18 heavy (non-hydrogen) atoms. The van der Waals surface area contributed by atoms with Crippen LogP contribution in [0.2, 0.25) is 0 Å². The van der Waals surface area contributed by atoms with Crippen molar-refractivity contribution in [3.8, 4) is 0 Å². The van der Waals surface area contributed by atoms with E-state index < -0.39 is 11.6 Å². The average molecular weight is 255 g/mol. The second-order valence-corrected chi connectivity index (χ2v) is 4.34. The maximum Gasteiger partial charge on any atom is 0.227 e. The average Bonchev–Trinajstić information content (AvgIpc) is 2.40. The molecule has 1 aliphatic heterocycles. The fourth-order valence-electron chi connectivity index (χ4n) is 2.00. The minimum Gasteiger partial charge on any atom is -0.397 e. The normalized spacial score (nSPS) is 16.6. The monoisotopic (exact) mass is 255 g/mol. The number of nitrogen functional groups attached to an aromatic ring is 1. The summed E-state index contributed by atoms with van der Waals surface area (Å²) in [7, 11) is 0. The summed E-state index contributed by atoms with van der Waals surface area (Å²) >= 11 is 0. The van der Waals surface area contributed by atoms with E-state index in [0.717, 1.165) is 19.2 Å². The molecule has 0 bridgehead atoms. The molecule has 2 rings (SSSR count). The van der Waals surface area contributed by atoms with Crippen molar-refractivity contribution >= 4 is 17.3 Å². The Morgan fingerprint density at radius 3 is 2.67 bits per heavy atom. The van der Waals surface area contributed by atoms with Crippen molar-refractivity contribution in [2.45, 2.75) is 12.8 Å². The Bertz CT molecular complexity index is 459. The van der Waals surface area contributed by atoms with Crippen molar-refractivity contribution in [1.82, 2.24) is 5.32 Å². The standard InChI is InChI=1S/C12H15F2N3O/c13-8-1-2-9(15)11(10(8)14)17-12(18)7-3-5-16-6-4-7/h1-2,7,16H,3-6,15H2,(H,17,18). The summed E-state index contributed by atoms with van der Waals surface area (Å²) in [5, 5.41) is 5.51. The summed E-state index contributed by atoms with van der Waals surface area (Å²) in [5.74, 6) is -2.64. The van der Waals surface area contributed by atoms with Gasteiger partial charge in [-0.25, -0.2) is 8.78 Å². The summed E-state index contributed by atoms with van der Waals surface area (Å²) in [6.45, 7) is 1.50. The first-order chi connectivity index (χ1) is 8.59. The minimum absolute atomic E-state index is 0.0242. The van der Waals surface area contributed by atoms with Gasteiger partial charge in [-0.3, -0.25) is 4.79 Å². The highest BCUT2D eigenvalue weighted by Gasteiger charge is 2.23. The predicted octanol–water partition coefficient (Wildman–Crippen LogP) is 1.49. The largest absolute Gasteiger partial charge is 0.397 e. The van der Waals surface area contributed by atoms with E-state index in [1.165, 1.54) is 6.07 Å². The molecule has 0 atom stereocenters. The zero-order chi connectivity index (χ0) is 13.1. The van der Waals surface area contributed by atoms with Crippen molar-refractivity contribution < 1.29 is 13.6 Å². The number of hydrogen-bond acceptors (Lipinski definition) is 3. The summed E-state index contributed by atoms with van der Waals surface area (Å²) in [4.78, 5) is 11.9. The van der Waals surface area contributed by atoms with Crippen molar-refractivity contribution in [3.63, 3.8) is 0 Å². The van der Waals surface area contributed by atoms with Gasteiger partial charge >= 0.3 is 0 Å². The second kappa shape index (κ2) is 5.30. The zero-order valence-corrected chi connectivity index (χ0v) is 9.80. The molecular formula is C12H15F2N3O. The fraction of sp³-hybridized carbons (Fsp3) is 0.417.